The molecule has 1 amide bonds. The minimum Gasteiger partial charge on any atom is -0.451 e. The Labute approximate surface area is 187 Å². The van der Waals surface area contributed by atoms with Gasteiger partial charge >= 0.3 is 6.18 Å². The summed E-state index contributed by atoms with van der Waals surface area (Å²) in [5.74, 6) is 0.367. The second-order valence-electron chi connectivity index (χ2n) is 7.73. The summed E-state index contributed by atoms with van der Waals surface area (Å²) in [5, 5.41) is 10.8. The number of carbonyl (C=O) groups is 1. The van der Waals surface area contributed by atoms with Gasteiger partial charge in [0.15, 0.2) is 5.76 Å². The lowest BCUT2D eigenvalue weighted by Crippen LogP contribution is -2.48. The van der Waals surface area contributed by atoms with Crippen LogP contribution in [-0.2, 0) is 12.7 Å². The normalized spacial score (nSPS) is 14.9. The van der Waals surface area contributed by atoms with Crippen LogP contribution in [-0.4, -0.2) is 46.8 Å². The lowest BCUT2D eigenvalue weighted by molar-refractivity contribution is -0.384. The molecular weight excluding hydrogens is 439 g/mol. The number of non-ortho nitro benzene ring substituents is 1. The van der Waals surface area contributed by atoms with E-state index in [1.165, 1.54) is 24.3 Å². The van der Waals surface area contributed by atoms with Gasteiger partial charge < -0.3 is 9.32 Å². The molecule has 33 heavy (non-hydrogen) atoms. The van der Waals surface area contributed by atoms with Crippen LogP contribution < -0.4 is 0 Å². The van der Waals surface area contributed by atoms with Crippen molar-refractivity contribution in [2.45, 2.75) is 12.7 Å². The molecule has 4 rings (SSSR count). The number of alkyl halides is 3. The van der Waals surface area contributed by atoms with E-state index in [4.69, 9.17) is 4.42 Å². The smallest absolute Gasteiger partial charge is 0.416 e. The van der Waals surface area contributed by atoms with Gasteiger partial charge in [-0.2, -0.15) is 13.2 Å². The van der Waals surface area contributed by atoms with E-state index in [0.717, 1.165) is 17.7 Å². The molecule has 0 saturated carbocycles. The molecule has 0 bridgehead atoms. The van der Waals surface area contributed by atoms with Crippen molar-refractivity contribution in [3.05, 3.63) is 87.7 Å². The maximum Gasteiger partial charge on any atom is 0.416 e. The molecule has 3 aromatic rings. The molecule has 1 aliphatic rings. The Kier molecular flexibility index (Phi) is 6.19. The Hall–Kier alpha value is -3.66. The number of nitrogens with zero attached hydrogens (tertiary/aromatic N) is 3. The first-order valence-electron chi connectivity index (χ1n) is 10.2. The molecule has 0 atom stereocenters. The lowest BCUT2D eigenvalue weighted by Gasteiger charge is -2.34. The van der Waals surface area contributed by atoms with Gasteiger partial charge in [0.2, 0.25) is 0 Å². The van der Waals surface area contributed by atoms with Crippen molar-refractivity contribution in [3.8, 4) is 11.3 Å². The van der Waals surface area contributed by atoms with Crippen molar-refractivity contribution in [1.29, 1.82) is 0 Å². The zero-order valence-corrected chi connectivity index (χ0v) is 17.4. The summed E-state index contributed by atoms with van der Waals surface area (Å²) in [6.07, 6.45) is -4.35. The molecular formula is C23H20F3N3O4. The summed E-state index contributed by atoms with van der Waals surface area (Å²) >= 11 is 0. The van der Waals surface area contributed by atoms with Crippen LogP contribution in [0.25, 0.3) is 11.3 Å². The van der Waals surface area contributed by atoms with E-state index in [9.17, 15) is 28.1 Å². The Balaban J connectivity index is 1.33. The average molecular weight is 459 g/mol. The molecule has 0 spiro atoms. The van der Waals surface area contributed by atoms with Crippen molar-refractivity contribution < 1.29 is 27.3 Å². The van der Waals surface area contributed by atoms with Gasteiger partial charge in [0, 0.05) is 50.4 Å². The molecule has 0 unspecified atom stereocenters. The number of hydrogen-bond acceptors (Lipinski definition) is 5. The number of amides is 1. The Morgan fingerprint density at radius 1 is 0.939 bits per heavy atom. The summed E-state index contributed by atoms with van der Waals surface area (Å²) in [7, 11) is 0. The number of halogens is 3. The third-order valence-corrected chi connectivity index (χ3v) is 5.53. The van der Waals surface area contributed by atoms with Crippen LogP contribution in [0.2, 0.25) is 0 Å². The van der Waals surface area contributed by atoms with Crippen LogP contribution in [0.15, 0.2) is 65.1 Å². The van der Waals surface area contributed by atoms with Gasteiger partial charge in [-0.3, -0.25) is 19.8 Å². The predicted molar refractivity (Wildman–Crippen MR) is 113 cm³/mol. The highest BCUT2D eigenvalue weighted by atomic mass is 19.4. The third-order valence-electron chi connectivity index (χ3n) is 5.53. The molecule has 0 radical (unpaired) electrons. The fraction of sp³-hybridized carbons (Fsp3) is 0.261. The summed E-state index contributed by atoms with van der Waals surface area (Å²) in [4.78, 5) is 26.8. The number of benzene rings is 2. The van der Waals surface area contributed by atoms with Gasteiger partial charge in [-0.1, -0.05) is 12.1 Å². The molecule has 172 valence electrons. The first-order chi connectivity index (χ1) is 15.7. The van der Waals surface area contributed by atoms with Crippen LogP contribution in [0.5, 0.6) is 0 Å². The molecule has 2 aromatic carbocycles. The number of furan rings is 1. The maximum atomic E-state index is 12.8. The predicted octanol–water partition coefficient (Wildman–Crippen LogP) is 4.83. The van der Waals surface area contributed by atoms with E-state index in [2.05, 4.69) is 4.90 Å². The summed E-state index contributed by atoms with van der Waals surface area (Å²) in [6.45, 7) is 2.61. The Morgan fingerprint density at radius 2 is 1.58 bits per heavy atom. The van der Waals surface area contributed by atoms with E-state index in [-0.39, 0.29) is 17.4 Å². The summed E-state index contributed by atoms with van der Waals surface area (Å²) in [5.41, 5.74) is 0.701. The van der Waals surface area contributed by atoms with Gasteiger partial charge in [0.05, 0.1) is 10.5 Å². The second kappa shape index (κ2) is 9.07. The number of nitro groups is 1. The van der Waals surface area contributed by atoms with E-state index in [1.54, 1.807) is 29.2 Å². The molecule has 10 heteroatoms. The molecule has 1 aliphatic heterocycles. The number of carbonyl (C=O) groups excluding carboxylic acids is 1. The monoisotopic (exact) mass is 459 g/mol. The van der Waals surface area contributed by atoms with Gasteiger partial charge in [-0.05, 0) is 42.0 Å². The zero-order chi connectivity index (χ0) is 23.6. The van der Waals surface area contributed by atoms with Crippen molar-refractivity contribution in [2.24, 2.45) is 0 Å². The lowest BCUT2D eigenvalue weighted by atomic mass is 10.1. The largest absolute Gasteiger partial charge is 0.451 e. The highest BCUT2D eigenvalue weighted by Crippen LogP contribution is 2.29. The molecule has 2 heterocycles. The van der Waals surface area contributed by atoms with Crippen LogP contribution in [0, 0.1) is 10.1 Å². The minimum atomic E-state index is -4.35. The van der Waals surface area contributed by atoms with Crippen molar-refractivity contribution in [1.82, 2.24) is 9.80 Å². The molecule has 0 N–H and O–H groups in total. The van der Waals surface area contributed by atoms with Gasteiger partial charge in [-0.15, -0.1) is 0 Å². The Bertz CT molecular complexity index is 1130. The molecule has 7 nitrogen and oxygen atoms in total. The second-order valence-corrected chi connectivity index (χ2v) is 7.73. The topological polar surface area (TPSA) is 79.8 Å². The fourth-order valence-corrected chi connectivity index (χ4v) is 3.68. The van der Waals surface area contributed by atoms with E-state index >= 15 is 0 Å². The van der Waals surface area contributed by atoms with E-state index in [0.29, 0.717) is 44.0 Å². The van der Waals surface area contributed by atoms with Crippen molar-refractivity contribution in [2.75, 3.05) is 26.2 Å². The molecule has 1 aromatic heterocycles. The summed E-state index contributed by atoms with van der Waals surface area (Å²) in [6, 6.07) is 14.2. The SMILES string of the molecule is O=C(c1ccc(-c2ccc([N+](=O)[O-])cc2)o1)N1CCN(Cc2ccc(C(F)(F)F)cc2)CC1. The number of piperazine rings is 1. The van der Waals surface area contributed by atoms with Crippen LogP contribution >= 0.6 is 0 Å². The first-order valence-corrected chi connectivity index (χ1v) is 10.2. The zero-order valence-electron chi connectivity index (χ0n) is 17.4. The highest BCUT2D eigenvalue weighted by Gasteiger charge is 2.30. The van der Waals surface area contributed by atoms with Gasteiger partial charge in [-0.25, -0.2) is 0 Å². The first kappa shape index (κ1) is 22.5. The quantitative estimate of drug-likeness (QED) is 0.403. The number of hydrogen-bond donors (Lipinski definition) is 0. The average Bonchev–Trinajstić information content (AvgIpc) is 3.29. The highest BCUT2D eigenvalue weighted by molar-refractivity contribution is 5.92. The number of nitro benzene ring substituents is 1. The molecule has 1 saturated heterocycles. The maximum absolute atomic E-state index is 12.8. The standard InChI is InChI=1S/C23H20F3N3O4/c24-23(25,26)18-5-1-16(2-6-18)15-27-11-13-28(14-12-27)22(30)21-10-9-20(33-21)17-3-7-19(8-4-17)29(31)32/h1-10H,11-15H2. The fourth-order valence-electron chi connectivity index (χ4n) is 3.68. The van der Waals surface area contributed by atoms with Crippen LogP contribution in [0.3, 0.4) is 0 Å². The van der Waals surface area contributed by atoms with Crippen molar-refractivity contribution >= 4 is 11.6 Å². The van der Waals surface area contributed by atoms with E-state index < -0.39 is 16.7 Å². The third kappa shape index (κ3) is 5.23. The van der Waals surface area contributed by atoms with Gasteiger partial charge in [0.1, 0.15) is 5.76 Å². The van der Waals surface area contributed by atoms with E-state index in [1.807, 2.05) is 0 Å². The molecule has 0 aliphatic carbocycles. The van der Waals surface area contributed by atoms with Crippen molar-refractivity contribution in [3.63, 3.8) is 0 Å². The summed E-state index contributed by atoms with van der Waals surface area (Å²) < 4.78 is 43.8. The van der Waals surface area contributed by atoms with Gasteiger partial charge in [0.25, 0.3) is 11.6 Å². The Morgan fingerprint density at radius 3 is 2.15 bits per heavy atom. The molecule has 1 fully saturated rings. The van der Waals surface area contributed by atoms with Crippen LogP contribution in [0.4, 0.5) is 18.9 Å². The number of rotatable bonds is 5. The van der Waals surface area contributed by atoms with Crippen LogP contribution in [0.1, 0.15) is 21.7 Å². The minimum absolute atomic E-state index is 0.0317.